The van der Waals surface area contributed by atoms with Crippen molar-refractivity contribution >= 4 is 119 Å². The Balaban J connectivity index is 1.06. The maximum atomic E-state index is 6.82. The van der Waals surface area contributed by atoms with Crippen molar-refractivity contribution in [2.45, 2.75) is 6.17 Å². The number of rotatable bonds is 4. The van der Waals surface area contributed by atoms with Crippen LogP contribution >= 0.6 is 11.3 Å². The molecule has 1 aliphatic heterocycles. The van der Waals surface area contributed by atoms with Gasteiger partial charge in [0.2, 0.25) is 0 Å². The molecule has 6 heteroatoms. The van der Waals surface area contributed by atoms with Crippen LogP contribution in [0.2, 0.25) is 0 Å². The Hall–Kier alpha value is -8.06. The van der Waals surface area contributed by atoms with Gasteiger partial charge in [-0.1, -0.05) is 146 Å². The Morgan fingerprint density at radius 3 is 2.05 bits per heavy atom. The quantitative estimate of drug-likeness (QED) is 0.192. The summed E-state index contributed by atoms with van der Waals surface area (Å²) < 4.78 is 11.7. The lowest BCUT2D eigenvalue weighted by atomic mass is 10.00. The predicted octanol–water partition coefficient (Wildman–Crippen LogP) is 15.0. The van der Waals surface area contributed by atoms with E-state index < -0.39 is 6.17 Å². The summed E-state index contributed by atoms with van der Waals surface area (Å²) in [5, 5.41) is 18.1. The third-order valence-electron chi connectivity index (χ3n) is 13.0. The molecule has 0 radical (unpaired) electrons. The van der Waals surface area contributed by atoms with E-state index in [1.54, 1.807) is 0 Å². The predicted molar refractivity (Wildman–Crippen MR) is 265 cm³/mol. The summed E-state index contributed by atoms with van der Waals surface area (Å²) in [6, 6.07) is 69.7. The summed E-state index contributed by atoms with van der Waals surface area (Å²) in [5.74, 6) is 1.42. The van der Waals surface area contributed by atoms with Crippen molar-refractivity contribution in [2.24, 2.45) is 9.98 Å². The van der Waals surface area contributed by atoms with E-state index in [0.29, 0.717) is 5.84 Å². The highest BCUT2D eigenvalue weighted by Gasteiger charge is 2.27. The van der Waals surface area contributed by atoms with Gasteiger partial charge in [-0.05, 0) is 74.8 Å². The number of amidine groups is 2. The number of nitrogens with one attached hydrogen (secondary N) is 1. The van der Waals surface area contributed by atoms with E-state index in [0.717, 1.165) is 66.6 Å². The summed E-state index contributed by atoms with van der Waals surface area (Å²) in [5.41, 5.74) is 7.89. The Morgan fingerprint density at radius 2 is 1.17 bits per heavy atom. The molecule has 63 heavy (non-hydrogen) atoms. The van der Waals surface area contributed by atoms with Crippen molar-refractivity contribution < 1.29 is 4.42 Å². The van der Waals surface area contributed by atoms with Crippen LogP contribution in [-0.2, 0) is 0 Å². The van der Waals surface area contributed by atoms with Crippen LogP contribution in [-0.4, -0.2) is 16.2 Å². The SMILES string of the molecule is c1ccc2cc3c(cc2c1)c1c2ccccc2ccc1n3-c1cc(C2=NC(c3ccc4c(c3)sc3ccccc34)=NC(c3cccc4ccccc34)N2)c2c(c1)oc1ccccc12. The first kappa shape index (κ1) is 34.6. The third kappa shape index (κ3) is 5.22. The van der Waals surface area contributed by atoms with Gasteiger partial charge in [-0.2, -0.15) is 0 Å². The van der Waals surface area contributed by atoms with Crippen LogP contribution in [0.15, 0.2) is 209 Å². The van der Waals surface area contributed by atoms with E-state index in [9.17, 15) is 0 Å². The lowest BCUT2D eigenvalue weighted by Crippen LogP contribution is -2.34. The van der Waals surface area contributed by atoms with Crippen LogP contribution in [0.3, 0.4) is 0 Å². The molecule has 0 spiro atoms. The molecule has 1 aliphatic rings. The number of aliphatic imine (C=N–C) groups is 2. The van der Waals surface area contributed by atoms with Gasteiger partial charge in [0.15, 0.2) is 5.84 Å². The van der Waals surface area contributed by atoms with Gasteiger partial charge in [0, 0.05) is 64.5 Å². The molecule has 4 heterocycles. The summed E-state index contributed by atoms with van der Waals surface area (Å²) in [6.45, 7) is 0. The molecule has 0 saturated carbocycles. The average Bonchev–Trinajstić information content (AvgIpc) is 4.01. The first-order valence-electron chi connectivity index (χ1n) is 21.3. The van der Waals surface area contributed by atoms with E-state index in [1.165, 1.54) is 57.9 Å². The van der Waals surface area contributed by atoms with E-state index >= 15 is 0 Å². The van der Waals surface area contributed by atoms with Crippen molar-refractivity contribution in [1.82, 2.24) is 9.88 Å². The molecule has 1 N–H and O–H groups in total. The molecule has 1 atom stereocenters. The van der Waals surface area contributed by atoms with Gasteiger partial charge in [0.1, 0.15) is 23.2 Å². The minimum absolute atomic E-state index is 0.417. The number of benzene rings is 10. The van der Waals surface area contributed by atoms with Gasteiger partial charge < -0.3 is 14.3 Å². The number of hydrogen-bond donors (Lipinski definition) is 1. The highest BCUT2D eigenvalue weighted by molar-refractivity contribution is 7.25. The van der Waals surface area contributed by atoms with Gasteiger partial charge in [0.05, 0.1) is 16.7 Å². The topological polar surface area (TPSA) is 54.8 Å². The fraction of sp³-hybridized carbons (Fsp3) is 0.0175. The number of nitrogens with zero attached hydrogens (tertiary/aromatic N) is 3. The molecule has 5 nitrogen and oxygen atoms in total. The average molecular weight is 823 g/mol. The number of para-hydroxylation sites is 1. The molecule has 1 unspecified atom stereocenters. The van der Waals surface area contributed by atoms with Gasteiger partial charge >= 0.3 is 0 Å². The molecular weight excluding hydrogens is 789 g/mol. The Morgan fingerprint density at radius 1 is 0.476 bits per heavy atom. The second-order valence-electron chi connectivity index (χ2n) is 16.5. The second kappa shape index (κ2) is 13.2. The van der Waals surface area contributed by atoms with Crippen LogP contribution in [0.1, 0.15) is 22.9 Å². The maximum absolute atomic E-state index is 6.82. The Kier molecular flexibility index (Phi) is 7.27. The molecule has 0 amide bonds. The largest absolute Gasteiger partial charge is 0.456 e. The number of fused-ring (bicyclic) bond motifs is 13. The van der Waals surface area contributed by atoms with E-state index in [4.69, 9.17) is 14.4 Å². The highest BCUT2D eigenvalue weighted by Crippen LogP contribution is 2.42. The summed E-state index contributed by atoms with van der Waals surface area (Å²) in [6.07, 6.45) is -0.417. The van der Waals surface area contributed by atoms with Gasteiger partial charge in [0.25, 0.3) is 0 Å². The summed E-state index contributed by atoms with van der Waals surface area (Å²) in [7, 11) is 0. The molecule has 3 aromatic heterocycles. The van der Waals surface area contributed by atoms with E-state index in [2.05, 4.69) is 198 Å². The molecule has 0 aliphatic carbocycles. The van der Waals surface area contributed by atoms with Crippen molar-refractivity contribution in [3.05, 3.63) is 211 Å². The molecule has 0 saturated heterocycles. The molecule has 14 rings (SSSR count). The van der Waals surface area contributed by atoms with Gasteiger partial charge in [-0.15, -0.1) is 11.3 Å². The van der Waals surface area contributed by atoms with Crippen molar-refractivity contribution in [3.8, 4) is 5.69 Å². The molecule has 0 bridgehead atoms. The fourth-order valence-corrected chi connectivity index (χ4v) is 11.3. The lowest BCUT2D eigenvalue weighted by molar-refractivity contribution is 0.668. The van der Waals surface area contributed by atoms with Crippen LogP contribution in [0.4, 0.5) is 0 Å². The molecule has 294 valence electrons. The Bertz CT molecular complexity index is 4140. The second-order valence-corrected chi connectivity index (χ2v) is 17.6. The van der Waals surface area contributed by atoms with Crippen molar-refractivity contribution in [3.63, 3.8) is 0 Å². The zero-order valence-corrected chi connectivity index (χ0v) is 34.5. The van der Waals surface area contributed by atoms with Crippen molar-refractivity contribution in [2.75, 3.05) is 0 Å². The first-order valence-corrected chi connectivity index (χ1v) is 22.1. The highest BCUT2D eigenvalue weighted by atomic mass is 32.1. The lowest BCUT2D eigenvalue weighted by Gasteiger charge is -2.25. The molecular formula is C57H34N4OS. The normalized spacial score (nSPS) is 14.5. The fourth-order valence-electron chi connectivity index (χ4n) is 10.1. The first-order chi connectivity index (χ1) is 31.2. The smallest absolute Gasteiger partial charge is 0.159 e. The molecule has 10 aromatic carbocycles. The molecule has 0 fully saturated rings. The Labute approximate surface area is 364 Å². The van der Waals surface area contributed by atoms with Gasteiger partial charge in [-0.25, -0.2) is 9.98 Å². The monoisotopic (exact) mass is 822 g/mol. The molecule has 13 aromatic rings. The van der Waals surface area contributed by atoms with Crippen LogP contribution in [0.25, 0.3) is 102 Å². The minimum atomic E-state index is -0.417. The van der Waals surface area contributed by atoms with Crippen LogP contribution < -0.4 is 5.32 Å². The van der Waals surface area contributed by atoms with E-state index in [-0.39, 0.29) is 0 Å². The van der Waals surface area contributed by atoms with Crippen molar-refractivity contribution in [1.29, 1.82) is 0 Å². The third-order valence-corrected chi connectivity index (χ3v) is 14.1. The number of furan rings is 1. The van der Waals surface area contributed by atoms with Gasteiger partial charge in [-0.3, -0.25) is 0 Å². The van der Waals surface area contributed by atoms with Crippen LogP contribution in [0.5, 0.6) is 0 Å². The maximum Gasteiger partial charge on any atom is 0.159 e. The van der Waals surface area contributed by atoms with E-state index in [1.807, 2.05) is 17.4 Å². The summed E-state index contributed by atoms with van der Waals surface area (Å²) >= 11 is 1.81. The number of hydrogen-bond acceptors (Lipinski definition) is 5. The van der Waals surface area contributed by atoms with Crippen LogP contribution in [0, 0.1) is 0 Å². The number of aromatic nitrogens is 1. The standard InChI is InChI=1S/C57H34N4OS/c1-2-15-36-29-48-45(28-35(36)14-1)53-40-18-6-4-13-34(40)25-27-47(53)61(48)38-31-46(54-44-20-7-9-22-49(44)62-50(54)32-38)57-59-55(37-24-26-42-41-19-8-10-23-51(41)63-52(42)30-37)58-56(60-57)43-21-11-16-33-12-3-5-17-39(33)43/h1-32,56H,(H,58,59,60). The zero-order chi connectivity index (χ0) is 41.2. The minimum Gasteiger partial charge on any atom is -0.456 e. The summed E-state index contributed by atoms with van der Waals surface area (Å²) in [4.78, 5) is 11.0. The zero-order valence-electron chi connectivity index (χ0n) is 33.7. The number of thiophene rings is 1.